The quantitative estimate of drug-likeness (QED) is 0.323. The molecule has 1 aromatic rings. The van der Waals surface area contributed by atoms with E-state index >= 15 is 0 Å². The molecule has 2 saturated heterocycles. The highest BCUT2D eigenvalue weighted by Crippen LogP contribution is 2.22. The lowest BCUT2D eigenvalue weighted by Gasteiger charge is -2.37. The first-order chi connectivity index (χ1) is 13.2. The van der Waals surface area contributed by atoms with Gasteiger partial charge in [0.1, 0.15) is 0 Å². The first-order valence-corrected chi connectivity index (χ1v) is 10.8. The van der Waals surface area contributed by atoms with Crippen LogP contribution in [0.4, 0.5) is 0 Å². The summed E-state index contributed by atoms with van der Waals surface area (Å²) in [6.45, 7) is 11.3. The van der Waals surface area contributed by atoms with Gasteiger partial charge in [0.2, 0.25) is 0 Å². The van der Waals surface area contributed by atoms with Gasteiger partial charge in [-0.15, -0.1) is 35.3 Å². The van der Waals surface area contributed by atoms with Gasteiger partial charge in [0, 0.05) is 63.1 Å². The van der Waals surface area contributed by atoms with Crippen LogP contribution in [0.5, 0.6) is 0 Å². The summed E-state index contributed by atoms with van der Waals surface area (Å²) in [4.78, 5) is 12.8. The molecule has 2 fully saturated rings. The monoisotopic (exact) mass is 523 g/mol. The predicted molar refractivity (Wildman–Crippen MR) is 125 cm³/mol. The molecule has 0 radical (unpaired) electrons. The molecule has 0 saturated carbocycles. The fourth-order valence-electron chi connectivity index (χ4n) is 3.72. The Kier molecular flexibility index (Phi) is 10.4. The molecule has 0 spiro atoms. The van der Waals surface area contributed by atoms with Gasteiger partial charge in [-0.3, -0.25) is 9.89 Å². The zero-order valence-electron chi connectivity index (χ0n) is 17.2. The molecule has 3 rings (SSSR count). The molecule has 0 bridgehead atoms. The second-order valence-corrected chi connectivity index (χ2v) is 8.51. The van der Waals surface area contributed by atoms with Crippen molar-refractivity contribution in [2.75, 3.05) is 59.7 Å². The predicted octanol–water partition coefficient (Wildman–Crippen LogP) is 1.82. The Hall–Kier alpha value is -0.490. The van der Waals surface area contributed by atoms with Crippen molar-refractivity contribution >= 4 is 41.3 Å². The number of halogens is 1. The van der Waals surface area contributed by atoms with E-state index < -0.39 is 0 Å². The van der Waals surface area contributed by atoms with Gasteiger partial charge < -0.3 is 20.1 Å². The van der Waals surface area contributed by atoms with Crippen LogP contribution in [0, 0.1) is 19.8 Å². The number of rotatable bonds is 7. The average molecular weight is 523 g/mol. The molecular weight excluding hydrogens is 489 g/mol. The van der Waals surface area contributed by atoms with Crippen LogP contribution in [-0.2, 0) is 15.9 Å². The average Bonchev–Trinajstić information content (AvgIpc) is 3.32. The molecule has 2 aliphatic rings. The van der Waals surface area contributed by atoms with Gasteiger partial charge in [-0.1, -0.05) is 0 Å². The maximum Gasteiger partial charge on any atom is 0.191 e. The highest BCUT2D eigenvalue weighted by Gasteiger charge is 2.31. The molecule has 7 nitrogen and oxygen atoms in total. The third-order valence-electron chi connectivity index (χ3n) is 5.43. The smallest absolute Gasteiger partial charge is 0.191 e. The van der Waals surface area contributed by atoms with E-state index in [1.54, 1.807) is 11.3 Å². The fourth-order valence-corrected chi connectivity index (χ4v) is 4.65. The molecule has 2 atom stereocenters. The summed E-state index contributed by atoms with van der Waals surface area (Å²) >= 11 is 1.78. The minimum atomic E-state index is 0. The summed E-state index contributed by atoms with van der Waals surface area (Å²) in [5.74, 6) is 1.44. The molecule has 2 unspecified atom stereocenters. The van der Waals surface area contributed by atoms with Crippen LogP contribution >= 0.6 is 35.3 Å². The Bertz CT molecular complexity index is 596. The second-order valence-electron chi connectivity index (χ2n) is 7.22. The topological polar surface area (TPSA) is 71.0 Å². The van der Waals surface area contributed by atoms with Crippen molar-refractivity contribution in [3.63, 3.8) is 0 Å². The van der Waals surface area contributed by atoms with Crippen molar-refractivity contribution in [3.05, 3.63) is 15.6 Å². The summed E-state index contributed by atoms with van der Waals surface area (Å²) in [6.07, 6.45) is 2.06. The Balaban J connectivity index is 0.00000280. The molecule has 1 aromatic heterocycles. The number of aliphatic imine (C=N–C) groups is 1. The lowest BCUT2D eigenvalue weighted by atomic mass is 9.97. The lowest BCUT2D eigenvalue weighted by Crippen LogP contribution is -2.53. The van der Waals surface area contributed by atoms with Crippen molar-refractivity contribution in [2.24, 2.45) is 10.9 Å². The first kappa shape index (κ1) is 23.8. The number of ether oxygens (including phenoxy) is 2. The Morgan fingerprint density at radius 1 is 1.25 bits per heavy atom. The van der Waals surface area contributed by atoms with Gasteiger partial charge in [-0.2, -0.15) is 0 Å². The zero-order chi connectivity index (χ0) is 19.1. The van der Waals surface area contributed by atoms with E-state index in [4.69, 9.17) is 9.47 Å². The van der Waals surface area contributed by atoms with Crippen LogP contribution in [0.1, 0.15) is 22.0 Å². The lowest BCUT2D eigenvalue weighted by molar-refractivity contribution is 0.00247. The van der Waals surface area contributed by atoms with Gasteiger partial charge in [-0.25, -0.2) is 4.98 Å². The van der Waals surface area contributed by atoms with E-state index in [2.05, 4.69) is 39.4 Å². The van der Waals surface area contributed by atoms with Gasteiger partial charge in [0.25, 0.3) is 0 Å². The fraction of sp³-hybridized carbons (Fsp3) is 0.789. The van der Waals surface area contributed by atoms with Crippen molar-refractivity contribution in [2.45, 2.75) is 32.7 Å². The van der Waals surface area contributed by atoms with Gasteiger partial charge >= 0.3 is 0 Å². The number of thiazole rings is 1. The minimum absolute atomic E-state index is 0. The third-order valence-corrected chi connectivity index (χ3v) is 6.56. The number of aromatic nitrogens is 1. The summed E-state index contributed by atoms with van der Waals surface area (Å²) < 4.78 is 11.2. The van der Waals surface area contributed by atoms with Crippen LogP contribution in [-0.4, -0.2) is 81.5 Å². The molecule has 9 heteroatoms. The standard InChI is InChI=1S/C19H33N5O2S.HI/c1-14-15(2)27-18(23-14)4-6-21-19(20-3)22-12-17(16-5-9-26-13-16)24-7-10-25-11-8-24;/h16-17H,4-13H2,1-3H3,(H2,20,21,22);1H. The largest absolute Gasteiger partial charge is 0.381 e. The van der Waals surface area contributed by atoms with Crippen molar-refractivity contribution in [1.82, 2.24) is 20.5 Å². The van der Waals surface area contributed by atoms with E-state index in [1.165, 1.54) is 9.88 Å². The van der Waals surface area contributed by atoms with Gasteiger partial charge in [0.15, 0.2) is 5.96 Å². The molecule has 0 aliphatic carbocycles. The van der Waals surface area contributed by atoms with E-state index in [0.29, 0.717) is 12.0 Å². The Morgan fingerprint density at radius 2 is 2.04 bits per heavy atom. The molecular formula is C19H34IN5O2S. The number of morpholine rings is 1. The van der Waals surface area contributed by atoms with Crippen molar-refractivity contribution in [3.8, 4) is 0 Å². The first-order valence-electron chi connectivity index (χ1n) is 9.94. The van der Waals surface area contributed by atoms with Crippen molar-refractivity contribution in [1.29, 1.82) is 0 Å². The molecule has 160 valence electrons. The molecule has 0 aromatic carbocycles. The molecule has 2 N–H and O–H groups in total. The normalized spacial score (nSPS) is 22.0. The van der Waals surface area contributed by atoms with Crippen LogP contribution < -0.4 is 10.6 Å². The summed E-state index contributed by atoms with van der Waals surface area (Å²) in [7, 11) is 1.83. The number of nitrogens with one attached hydrogen (secondary N) is 2. The Morgan fingerprint density at radius 3 is 2.64 bits per heavy atom. The number of hydrogen-bond donors (Lipinski definition) is 2. The van der Waals surface area contributed by atoms with Crippen LogP contribution in [0.2, 0.25) is 0 Å². The molecule has 28 heavy (non-hydrogen) atoms. The number of nitrogens with zero attached hydrogens (tertiary/aromatic N) is 3. The maximum atomic E-state index is 5.65. The van der Waals surface area contributed by atoms with Crippen LogP contribution in [0.25, 0.3) is 0 Å². The summed E-state index contributed by atoms with van der Waals surface area (Å²) in [5, 5.41) is 8.14. The number of hydrogen-bond acceptors (Lipinski definition) is 6. The highest BCUT2D eigenvalue weighted by atomic mass is 127. The van der Waals surface area contributed by atoms with E-state index in [9.17, 15) is 0 Å². The third kappa shape index (κ3) is 6.79. The summed E-state index contributed by atoms with van der Waals surface area (Å²) in [6, 6.07) is 0.458. The van der Waals surface area contributed by atoms with Gasteiger partial charge in [0.05, 0.1) is 30.5 Å². The van der Waals surface area contributed by atoms with E-state index in [-0.39, 0.29) is 24.0 Å². The van der Waals surface area contributed by atoms with Crippen LogP contribution in [0.15, 0.2) is 4.99 Å². The zero-order valence-corrected chi connectivity index (χ0v) is 20.3. The Labute approximate surface area is 189 Å². The minimum Gasteiger partial charge on any atom is -0.381 e. The van der Waals surface area contributed by atoms with E-state index in [0.717, 1.165) is 77.1 Å². The molecule has 2 aliphatic heterocycles. The number of aryl methyl sites for hydroxylation is 2. The second kappa shape index (κ2) is 12.3. The highest BCUT2D eigenvalue weighted by molar-refractivity contribution is 14.0. The van der Waals surface area contributed by atoms with Crippen LogP contribution in [0.3, 0.4) is 0 Å². The van der Waals surface area contributed by atoms with E-state index in [1.807, 2.05) is 7.05 Å². The van der Waals surface area contributed by atoms with Gasteiger partial charge in [-0.05, 0) is 20.3 Å². The SMILES string of the molecule is CN=C(NCCc1nc(C)c(C)s1)NCC(C1CCOC1)N1CCOCC1.I. The maximum absolute atomic E-state index is 5.65. The van der Waals surface area contributed by atoms with Crippen molar-refractivity contribution < 1.29 is 9.47 Å². The molecule has 3 heterocycles. The number of guanidine groups is 1. The summed E-state index contributed by atoms with van der Waals surface area (Å²) in [5.41, 5.74) is 1.14. The molecule has 0 amide bonds.